The van der Waals surface area contributed by atoms with Crippen molar-refractivity contribution in [1.82, 2.24) is 0 Å². The lowest BCUT2D eigenvalue weighted by molar-refractivity contribution is 0.102. The molecule has 156 valence electrons. The number of carbonyl (C=O) groups excluding carboxylic acids is 1. The molecule has 3 aromatic rings. The predicted molar refractivity (Wildman–Crippen MR) is 115 cm³/mol. The minimum absolute atomic E-state index is 0.208. The topological polar surface area (TPSA) is 75.3 Å². The molecule has 0 aromatic heterocycles. The number of amides is 1. The van der Waals surface area contributed by atoms with Gasteiger partial charge in [0.05, 0.1) is 4.90 Å². The summed E-state index contributed by atoms with van der Waals surface area (Å²) in [5.41, 5.74) is 2.31. The monoisotopic (exact) mass is 448 g/mol. The molecule has 3 aromatic carbocycles. The summed E-state index contributed by atoms with van der Waals surface area (Å²) in [5.74, 6) is -1.81. The Bertz CT molecular complexity index is 1150. The van der Waals surface area contributed by atoms with Crippen LogP contribution in [0.25, 0.3) is 0 Å². The van der Waals surface area contributed by atoms with Gasteiger partial charge in [0.2, 0.25) is 0 Å². The Balaban J connectivity index is 1.67. The van der Waals surface area contributed by atoms with Gasteiger partial charge in [0.25, 0.3) is 15.9 Å². The normalized spacial score (nSPS) is 11.2. The molecule has 0 bridgehead atoms. The molecule has 0 saturated heterocycles. The largest absolute Gasteiger partial charge is 0.322 e. The second-order valence-corrected chi connectivity index (χ2v) is 8.89. The highest BCUT2D eigenvalue weighted by molar-refractivity contribution is 7.97. The SMILES string of the molecule is CSCc1ccc(C(=O)Nc2ccc(NS(=O)(=O)c3ccc(F)c(F)c3)cc2)cc1. The van der Waals surface area contributed by atoms with Crippen molar-refractivity contribution in [2.75, 3.05) is 16.3 Å². The quantitative estimate of drug-likeness (QED) is 0.540. The fourth-order valence-corrected chi connectivity index (χ4v) is 4.20. The summed E-state index contributed by atoms with van der Waals surface area (Å²) >= 11 is 1.69. The van der Waals surface area contributed by atoms with Crippen molar-refractivity contribution < 1.29 is 22.0 Å². The number of anilines is 2. The van der Waals surface area contributed by atoms with E-state index in [1.54, 1.807) is 23.9 Å². The van der Waals surface area contributed by atoms with Gasteiger partial charge in [0.15, 0.2) is 11.6 Å². The van der Waals surface area contributed by atoms with Gasteiger partial charge in [-0.2, -0.15) is 11.8 Å². The van der Waals surface area contributed by atoms with E-state index in [4.69, 9.17) is 0 Å². The van der Waals surface area contributed by atoms with Gasteiger partial charge in [-0.25, -0.2) is 17.2 Å². The number of nitrogens with one attached hydrogen (secondary N) is 2. The van der Waals surface area contributed by atoms with Gasteiger partial charge in [-0.05, 0) is 66.4 Å². The molecule has 0 unspecified atom stereocenters. The summed E-state index contributed by atoms with van der Waals surface area (Å²) in [6, 6.07) is 15.6. The Labute approximate surface area is 177 Å². The van der Waals surface area contributed by atoms with Crippen LogP contribution in [0.2, 0.25) is 0 Å². The Morgan fingerprint density at radius 1 is 0.900 bits per heavy atom. The first-order valence-corrected chi connectivity index (χ1v) is 11.6. The molecule has 0 atom stereocenters. The smallest absolute Gasteiger partial charge is 0.261 e. The third-order valence-corrected chi connectivity index (χ3v) is 6.12. The van der Waals surface area contributed by atoms with E-state index < -0.39 is 26.6 Å². The highest BCUT2D eigenvalue weighted by Crippen LogP contribution is 2.20. The third-order valence-electron chi connectivity index (χ3n) is 4.12. The molecule has 0 radical (unpaired) electrons. The average Bonchev–Trinajstić information content (AvgIpc) is 2.72. The van der Waals surface area contributed by atoms with Crippen LogP contribution in [0, 0.1) is 11.6 Å². The van der Waals surface area contributed by atoms with Crippen molar-refractivity contribution in [2.45, 2.75) is 10.6 Å². The van der Waals surface area contributed by atoms with E-state index in [-0.39, 0.29) is 11.6 Å². The highest BCUT2D eigenvalue weighted by atomic mass is 32.2. The van der Waals surface area contributed by atoms with Gasteiger partial charge in [-0.1, -0.05) is 12.1 Å². The van der Waals surface area contributed by atoms with Crippen LogP contribution in [0.5, 0.6) is 0 Å². The maximum atomic E-state index is 13.3. The Hall–Kier alpha value is -2.91. The van der Waals surface area contributed by atoms with Crippen LogP contribution in [0.4, 0.5) is 20.2 Å². The molecule has 1 amide bonds. The molecule has 5 nitrogen and oxygen atoms in total. The zero-order chi connectivity index (χ0) is 21.7. The molecule has 9 heteroatoms. The first-order chi connectivity index (χ1) is 14.3. The van der Waals surface area contributed by atoms with Gasteiger partial charge in [-0.3, -0.25) is 9.52 Å². The molecular formula is C21H18F2N2O3S2. The predicted octanol–water partition coefficient (Wildman–Crippen LogP) is 4.88. The van der Waals surface area contributed by atoms with Crippen molar-refractivity contribution >= 4 is 39.1 Å². The van der Waals surface area contributed by atoms with E-state index in [0.717, 1.165) is 23.4 Å². The average molecular weight is 449 g/mol. The number of carbonyl (C=O) groups is 1. The Kier molecular flexibility index (Phi) is 6.73. The molecule has 0 aliphatic carbocycles. The Morgan fingerprint density at radius 2 is 1.53 bits per heavy atom. The van der Waals surface area contributed by atoms with Gasteiger partial charge in [0, 0.05) is 22.7 Å². The van der Waals surface area contributed by atoms with Crippen LogP contribution in [-0.2, 0) is 15.8 Å². The van der Waals surface area contributed by atoms with E-state index in [2.05, 4.69) is 10.0 Å². The lowest BCUT2D eigenvalue weighted by atomic mass is 10.1. The maximum absolute atomic E-state index is 13.3. The second-order valence-electron chi connectivity index (χ2n) is 6.34. The Morgan fingerprint density at radius 3 is 2.13 bits per heavy atom. The number of rotatable bonds is 7. The zero-order valence-electron chi connectivity index (χ0n) is 15.9. The van der Waals surface area contributed by atoms with E-state index in [1.807, 2.05) is 18.4 Å². The van der Waals surface area contributed by atoms with E-state index in [1.165, 1.54) is 24.3 Å². The van der Waals surface area contributed by atoms with Crippen LogP contribution < -0.4 is 10.0 Å². The number of hydrogen-bond donors (Lipinski definition) is 2. The summed E-state index contributed by atoms with van der Waals surface area (Å²) < 4.78 is 53.2. The molecule has 0 fully saturated rings. The summed E-state index contributed by atoms with van der Waals surface area (Å²) in [6.07, 6.45) is 2.00. The first kappa shape index (κ1) is 21.8. The number of hydrogen-bond acceptors (Lipinski definition) is 4. The molecule has 0 spiro atoms. The standard InChI is InChI=1S/C21H18F2N2O3S2/c1-29-13-14-2-4-15(5-3-14)21(26)24-16-6-8-17(9-7-16)25-30(27,28)18-10-11-19(22)20(23)12-18/h2-12,25H,13H2,1H3,(H,24,26). The van der Waals surface area contributed by atoms with Gasteiger partial charge >= 0.3 is 0 Å². The molecule has 30 heavy (non-hydrogen) atoms. The van der Waals surface area contributed by atoms with Crippen molar-refractivity contribution in [3.63, 3.8) is 0 Å². The summed E-state index contributed by atoms with van der Waals surface area (Å²) in [5, 5.41) is 2.73. The van der Waals surface area contributed by atoms with E-state index in [0.29, 0.717) is 17.3 Å². The third kappa shape index (κ3) is 5.37. The van der Waals surface area contributed by atoms with Gasteiger partial charge in [-0.15, -0.1) is 0 Å². The molecule has 3 rings (SSSR count). The van der Waals surface area contributed by atoms with Crippen LogP contribution in [-0.4, -0.2) is 20.6 Å². The zero-order valence-corrected chi connectivity index (χ0v) is 17.5. The molecule has 2 N–H and O–H groups in total. The molecule has 0 saturated carbocycles. The van der Waals surface area contributed by atoms with Crippen molar-refractivity contribution in [3.05, 3.63) is 89.5 Å². The minimum atomic E-state index is -4.09. The van der Waals surface area contributed by atoms with E-state index >= 15 is 0 Å². The van der Waals surface area contributed by atoms with Crippen molar-refractivity contribution in [2.24, 2.45) is 0 Å². The summed E-state index contributed by atoms with van der Waals surface area (Å²) in [4.78, 5) is 11.9. The fourth-order valence-electron chi connectivity index (χ4n) is 2.60. The van der Waals surface area contributed by atoms with Crippen LogP contribution in [0.15, 0.2) is 71.6 Å². The second kappa shape index (κ2) is 9.27. The molecule has 0 aliphatic heterocycles. The summed E-state index contributed by atoms with van der Waals surface area (Å²) in [7, 11) is -4.09. The van der Waals surface area contributed by atoms with Crippen LogP contribution in [0.1, 0.15) is 15.9 Å². The van der Waals surface area contributed by atoms with Crippen molar-refractivity contribution in [3.8, 4) is 0 Å². The fraction of sp³-hybridized carbons (Fsp3) is 0.0952. The van der Waals surface area contributed by atoms with Gasteiger partial charge in [0.1, 0.15) is 0 Å². The maximum Gasteiger partial charge on any atom is 0.261 e. The highest BCUT2D eigenvalue weighted by Gasteiger charge is 2.17. The molecule has 0 aliphatic rings. The minimum Gasteiger partial charge on any atom is -0.322 e. The number of benzene rings is 3. The lowest BCUT2D eigenvalue weighted by Gasteiger charge is -2.10. The molecule has 0 heterocycles. The summed E-state index contributed by atoms with van der Waals surface area (Å²) in [6.45, 7) is 0. The van der Waals surface area contributed by atoms with E-state index in [9.17, 15) is 22.0 Å². The first-order valence-electron chi connectivity index (χ1n) is 8.75. The van der Waals surface area contributed by atoms with Crippen LogP contribution >= 0.6 is 11.8 Å². The van der Waals surface area contributed by atoms with Crippen LogP contribution in [0.3, 0.4) is 0 Å². The number of thioether (sulfide) groups is 1. The molecular weight excluding hydrogens is 430 g/mol. The van der Waals surface area contributed by atoms with Gasteiger partial charge < -0.3 is 5.32 Å². The van der Waals surface area contributed by atoms with Crippen molar-refractivity contribution in [1.29, 1.82) is 0 Å². The lowest BCUT2D eigenvalue weighted by Crippen LogP contribution is -2.14. The number of halogens is 2. The number of sulfonamides is 1.